The molecular formula is C19H26N6O3. The molecule has 1 aliphatic carbocycles. The number of anilines is 1. The molecule has 3 rings (SSSR count). The second kappa shape index (κ2) is 9.32. The normalized spacial score (nSPS) is 21.8. The van der Waals surface area contributed by atoms with Gasteiger partial charge in [0.15, 0.2) is 0 Å². The highest BCUT2D eigenvalue weighted by Gasteiger charge is 2.33. The molecule has 0 bridgehead atoms. The minimum absolute atomic E-state index is 0.0410. The fourth-order valence-corrected chi connectivity index (χ4v) is 3.37. The Bertz CT molecular complexity index is 777. The molecule has 28 heavy (non-hydrogen) atoms. The molecule has 0 aromatic carbocycles. The smallest absolute Gasteiger partial charge is 0.253 e. The first-order chi connectivity index (χ1) is 13.5. The third-order valence-electron chi connectivity index (χ3n) is 4.97. The van der Waals surface area contributed by atoms with Crippen molar-refractivity contribution in [2.45, 2.75) is 44.4 Å². The van der Waals surface area contributed by atoms with Gasteiger partial charge in [-0.2, -0.15) is 5.10 Å². The van der Waals surface area contributed by atoms with Gasteiger partial charge in [-0.15, -0.1) is 0 Å². The summed E-state index contributed by atoms with van der Waals surface area (Å²) in [6.45, 7) is 1.30. The van der Waals surface area contributed by atoms with Crippen molar-refractivity contribution in [2.24, 2.45) is 5.92 Å². The number of aliphatic hydroxyl groups excluding tert-OH is 1. The summed E-state index contributed by atoms with van der Waals surface area (Å²) in [4.78, 5) is 28.7. The molecule has 2 heterocycles. The number of amides is 2. The maximum Gasteiger partial charge on any atom is 0.253 e. The number of aryl methyl sites for hydroxylation is 1. The topological polar surface area (TPSA) is 135 Å². The van der Waals surface area contributed by atoms with Crippen molar-refractivity contribution in [3.63, 3.8) is 0 Å². The van der Waals surface area contributed by atoms with Crippen LogP contribution in [0.25, 0.3) is 0 Å². The second-order valence-electron chi connectivity index (χ2n) is 7.04. The number of nitrogens with two attached hydrogens (primary N) is 1. The second-order valence-corrected chi connectivity index (χ2v) is 7.04. The van der Waals surface area contributed by atoms with Crippen LogP contribution in [0.5, 0.6) is 0 Å². The predicted octanol–water partition coefficient (Wildman–Crippen LogP) is 0.326. The van der Waals surface area contributed by atoms with E-state index in [0.717, 1.165) is 13.0 Å². The quantitative estimate of drug-likeness (QED) is 0.506. The van der Waals surface area contributed by atoms with Crippen LogP contribution in [0.15, 0.2) is 36.8 Å². The molecule has 0 unspecified atom stereocenters. The first-order valence-corrected chi connectivity index (χ1v) is 9.48. The lowest BCUT2D eigenvalue weighted by Gasteiger charge is -2.33. The average molecular weight is 386 g/mol. The summed E-state index contributed by atoms with van der Waals surface area (Å²) in [5.74, 6) is -0.279. The molecule has 1 fully saturated rings. The minimum atomic E-state index is -0.672. The minimum Gasteiger partial charge on any atom is -0.391 e. The van der Waals surface area contributed by atoms with E-state index in [4.69, 9.17) is 5.73 Å². The monoisotopic (exact) mass is 386 g/mol. The number of rotatable bonds is 7. The van der Waals surface area contributed by atoms with E-state index in [2.05, 4.69) is 20.7 Å². The van der Waals surface area contributed by atoms with Crippen molar-refractivity contribution in [1.82, 2.24) is 25.4 Å². The van der Waals surface area contributed by atoms with Gasteiger partial charge < -0.3 is 21.5 Å². The molecule has 5 N–H and O–H groups in total. The van der Waals surface area contributed by atoms with E-state index >= 15 is 0 Å². The molecule has 2 amide bonds. The lowest BCUT2D eigenvalue weighted by molar-refractivity contribution is -0.127. The van der Waals surface area contributed by atoms with Crippen molar-refractivity contribution in [3.8, 4) is 0 Å². The van der Waals surface area contributed by atoms with Crippen LogP contribution in [0.4, 0.5) is 5.82 Å². The zero-order valence-electron chi connectivity index (χ0n) is 15.6. The summed E-state index contributed by atoms with van der Waals surface area (Å²) < 4.78 is 1.82. The van der Waals surface area contributed by atoms with E-state index < -0.39 is 12.1 Å². The number of carbonyl (C=O) groups is 2. The van der Waals surface area contributed by atoms with E-state index in [1.807, 2.05) is 16.9 Å². The van der Waals surface area contributed by atoms with Gasteiger partial charge in [0.25, 0.3) is 5.91 Å². The summed E-state index contributed by atoms with van der Waals surface area (Å²) in [7, 11) is 0. The Morgan fingerprint density at radius 3 is 2.89 bits per heavy atom. The summed E-state index contributed by atoms with van der Waals surface area (Å²) in [6.07, 6.45) is 6.58. The van der Waals surface area contributed by atoms with Crippen LogP contribution in [0, 0.1) is 5.92 Å². The van der Waals surface area contributed by atoms with E-state index in [9.17, 15) is 14.7 Å². The first-order valence-electron chi connectivity index (χ1n) is 9.48. The van der Waals surface area contributed by atoms with E-state index in [1.165, 1.54) is 6.20 Å². The molecule has 0 aliphatic heterocycles. The molecule has 150 valence electrons. The standard InChI is InChI=1S/C19H26N6O3/c20-17-6-4-14(12-22-17)19(28)24-15-11-13(3-5-16(15)26)18(27)21-7-1-9-25-10-2-8-23-25/h2,4,6,8,10,12-13,15-16,26H,1,3,5,7,9,11H2,(H2,20,22)(H,21,27)(H,24,28)/t13-,15+,16+/m0/s1. The zero-order valence-corrected chi connectivity index (χ0v) is 15.6. The predicted molar refractivity (Wildman–Crippen MR) is 103 cm³/mol. The third kappa shape index (κ3) is 5.29. The number of nitrogens with zero attached hydrogens (tertiary/aromatic N) is 3. The van der Waals surface area contributed by atoms with E-state index in [0.29, 0.717) is 37.2 Å². The van der Waals surface area contributed by atoms with Crippen LogP contribution < -0.4 is 16.4 Å². The van der Waals surface area contributed by atoms with Gasteiger partial charge in [-0.1, -0.05) is 0 Å². The Kier molecular flexibility index (Phi) is 6.59. The highest BCUT2D eigenvalue weighted by atomic mass is 16.3. The summed E-state index contributed by atoms with van der Waals surface area (Å²) in [5, 5.41) is 20.1. The number of aliphatic hydroxyl groups is 1. The Labute approximate surface area is 163 Å². The fraction of sp³-hybridized carbons (Fsp3) is 0.474. The number of hydrogen-bond acceptors (Lipinski definition) is 6. The Morgan fingerprint density at radius 1 is 1.32 bits per heavy atom. The molecule has 9 nitrogen and oxygen atoms in total. The van der Waals surface area contributed by atoms with Crippen molar-refractivity contribution in [1.29, 1.82) is 0 Å². The largest absolute Gasteiger partial charge is 0.391 e. The molecular weight excluding hydrogens is 360 g/mol. The number of aromatic nitrogens is 3. The van der Waals surface area contributed by atoms with Gasteiger partial charge in [-0.25, -0.2) is 4.98 Å². The summed E-state index contributed by atoms with van der Waals surface area (Å²) in [5.41, 5.74) is 5.90. The third-order valence-corrected chi connectivity index (χ3v) is 4.97. The van der Waals surface area contributed by atoms with Gasteiger partial charge in [0.1, 0.15) is 5.82 Å². The summed E-state index contributed by atoms with van der Waals surface area (Å²) in [6, 6.07) is 4.52. The lowest BCUT2D eigenvalue weighted by atomic mass is 9.83. The number of nitrogens with one attached hydrogen (secondary N) is 2. The van der Waals surface area contributed by atoms with Crippen LogP contribution >= 0.6 is 0 Å². The number of nitrogen functional groups attached to an aromatic ring is 1. The van der Waals surface area contributed by atoms with Gasteiger partial charge in [0.2, 0.25) is 5.91 Å². The molecule has 3 atom stereocenters. The van der Waals surface area contributed by atoms with Crippen molar-refractivity contribution < 1.29 is 14.7 Å². The molecule has 1 saturated carbocycles. The first kappa shape index (κ1) is 19.8. The highest BCUT2D eigenvalue weighted by Crippen LogP contribution is 2.25. The Hall–Kier alpha value is -2.94. The molecule has 0 radical (unpaired) electrons. The van der Waals surface area contributed by atoms with Gasteiger partial charge in [-0.05, 0) is 43.9 Å². The lowest BCUT2D eigenvalue weighted by Crippen LogP contribution is -2.49. The maximum atomic E-state index is 12.5. The zero-order chi connectivity index (χ0) is 19.9. The van der Waals surface area contributed by atoms with Crippen molar-refractivity contribution >= 4 is 17.6 Å². The van der Waals surface area contributed by atoms with Gasteiger partial charge in [0.05, 0.1) is 17.7 Å². The van der Waals surface area contributed by atoms with Crippen LogP contribution in [-0.2, 0) is 11.3 Å². The van der Waals surface area contributed by atoms with Crippen molar-refractivity contribution in [3.05, 3.63) is 42.4 Å². The molecule has 0 spiro atoms. The number of hydrogen-bond donors (Lipinski definition) is 4. The molecule has 2 aromatic heterocycles. The van der Waals surface area contributed by atoms with Crippen LogP contribution in [0.2, 0.25) is 0 Å². The van der Waals surface area contributed by atoms with Crippen molar-refractivity contribution in [2.75, 3.05) is 12.3 Å². The molecule has 0 saturated heterocycles. The van der Waals surface area contributed by atoms with E-state index in [-0.39, 0.29) is 17.7 Å². The molecule has 2 aromatic rings. The van der Waals surface area contributed by atoms with E-state index in [1.54, 1.807) is 18.3 Å². The number of carbonyl (C=O) groups excluding carboxylic acids is 2. The van der Waals surface area contributed by atoms with Gasteiger partial charge in [0, 0.05) is 37.6 Å². The van der Waals surface area contributed by atoms with Gasteiger partial charge in [-0.3, -0.25) is 14.3 Å². The van der Waals surface area contributed by atoms with Crippen LogP contribution in [0.3, 0.4) is 0 Å². The maximum absolute atomic E-state index is 12.5. The van der Waals surface area contributed by atoms with Crippen LogP contribution in [0.1, 0.15) is 36.0 Å². The Morgan fingerprint density at radius 2 is 2.18 bits per heavy atom. The highest BCUT2D eigenvalue weighted by molar-refractivity contribution is 5.94. The fourth-order valence-electron chi connectivity index (χ4n) is 3.37. The Balaban J connectivity index is 1.46. The molecule has 9 heteroatoms. The van der Waals surface area contributed by atoms with Crippen LogP contribution in [-0.4, -0.2) is 50.4 Å². The number of pyridine rings is 1. The average Bonchev–Trinajstić information content (AvgIpc) is 3.21. The SMILES string of the molecule is Nc1ccc(C(=O)N[C@@H]2C[C@@H](C(=O)NCCCn3cccn3)CC[C@H]2O)cn1. The molecule has 1 aliphatic rings. The van der Waals surface area contributed by atoms with Gasteiger partial charge >= 0.3 is 0 Å². The summed E-state index contributed by atoms with van der Waals surface area (Å²) >= 11 is 0.